The zero-order valence-corrected chi connectivity index (χ0v) is 14.3. The number of hydrogen-bond donors (Lipinski definition) is 1. The topological polar surface area (TPSA) is 58.6 Å². The van der Waals surface area contributed by atoms with Crippen LogP contribution in [0.3, 0.4) is 0 Å². The smallest absolute Gasteiger partial charge is 0.228 e. The van der Waals surface area contributed by atoms with E-state index in [1.54, 1.807) is 4.90 Å². The lowest BCUT2D eigenvalue weighted by atomic mass is 10.2. The van der Waals surface area contributed by atoms with Crippen LogP contribution in [0.4, 0.5) is 5.69 Å². The Balaban J connectivity index is 1.87. The van der Waals surface area contributed by atoms with Gasteiger partial charge in [-0.15, -0.1) is 0 Å². The third-order valence-electron chi connectivity index (χ3n) is 4.01. The molecule has 1 aliphatic carbocycles. The van der Waals surface area contributed by atoms with Gasteiger partial charge in [0, 0.05) is 18.8 Å². The SMILES string of the molecule is CCN(CC)C(=O)C1CC1C(=O)Nc1ccc(OC(C)C)cc1. The van der Waals surface area contributed by atoms with Gasteiger partial charge in [0.15, 0.2) is 0 Å². The molecule has 2 rings (SSSR count). The summed E-state index contributed by atoms with van der Waals surface area (Å²) in [5.41, 5.74) is 0.729. The molecule has 2 amide bonds. The summed E-state index contributed by atoms with van der Waals surface area (Å²) in [6.07, 6.45) is 0.768. The van der Waals surface area contributed by atoms with Crippen molar-refractivity contribution < 1.29 is 14.3 Å². The molecule has 23 heavy (non-hydrogen) atoms. The Morgan fingerprint density at radius 3 is 2.30 bits per heavy atom. The molecular weight excluding hydrogens is 292 g/mol. The number of amides is 2. The van der Waals surface area contributed by atoms with Gasteiger partial charge in [-0.1, -0.05) is 0 Å². The average molecular weight is 318 g/mol. The standard InChI is InChI=1S/C18H26N2O3/c1-5-20(6-2)18(22)16-11-15(16)17(21)19-13-7-9-14(10-8-13)23-12(3)4/h7-10,12,15-16H,5-6,11H2,1-4H3,(H,19,21). The van der Waals surface area contributed by atoms with E-state index in [-0.39, 0.29) is 29.8 Å². The van der Waals surface area contributed by atoms with Gasteiger partial charge in [-0.2, -0.15) is 0 Å². The van der Waals surface area contributed by atoms with Gasteiger partial charge in [-0.05, 0) is 58.4 Å². The van der Waals surface area contributed by atoms with E-state index < -0.39 is 0 Å². The zero-order chi connectivity index (χ0) is 17.0. The van der Waals surface area contributed by atoms with Gasteiger partial charge < -0.3 is 15.0 Å². The van der Waals surface area contributed by atoms with Gasteiger partial charge in [-0.25, -0.2) is 0 Å². The summed E-state index contributed by atoms with van der Waals surface area (Å²) < 4.78 is 5.57. The zero-order valence-electron chi connectivity index (χ0n) is 14.3. The minimum Gasteiger partial charge on any atom is -0.491 e. The van der Waals surface area contributed by atoms with E-state index in [4.69, 9.17) is 4.74 Å². The first kappa shape index (κ1) is 17.3. The predicted molar refractivity (Wildman–Crippen MR) is 90.4 cm³/mol. The molecule has 0 heterocycles. The molecule has 0 radical (unpaired) electrons. The molecule has 1 aromatic rings. The minimum atomic E-state index is -0.199. The van der Waals surface area contributed by atoms with Crippen molar-refractivity contribution in [3.05, 3.63) is 24.3 Å². The molecule has 0 spiro atoms. The number of nitrogens with zero attached hydrogens (tertiary/aromatic N) is 1. The van der Waals surface area contributed by atoms with E-state index in [9.17, 15) is 9.59 Å². The van der Waals surface area contributed by atoms with Crippen LogP contribution in [-0.4, -0.2) is 35.9 Å². The molecule has 1 fully saturated rings. The molecule has 2 atom stereocenters. The van der Waals surface area contributed by atoms with Crippen molar-refractivity contribution in [1.82, 2.24) is 4.90 Å². The van der Waals surface area contributed by atoms with Gasteiger partial charge in [0.2, 0.25) is 11.8 Å². The maximum absolute atomic E-state index is 12.2. The van der Waals surface area contributed by atoms with Gasteiger partial charge in [0.1, 0.15) is 5.75 Å². The van der Waals surface area contributed by atoms with Crippen LogP contribution in [0.1, 0.15) is 34.1 Å². The summed E-state index contributed by atoms with van der Waals surface area (Å²) in [5.74, 6) is 0.441. The van der Waals surface area contributed by atoms with E-state index >= 15 is 0 Å². The van der Waals surface area contributed by atoms with Crippen molar-refractivity contribution in [1.29, 1.82) is 0 Å². The first-order valence-electron chi connectivity index (χ1n) is 8.32. The summed E-state index contributed by atoms with van der Waals surface area (Å²) in [4.78, 5) is 26.2. The average Bonchev–Trinajstić information content (AvgIpc) is 3.30. The van der Waals surface area contributed by atoms with Crippen LogP contribution in [0.5, 0.6) is 5.75 Å². The number of benzene rings is 1. The Morgan fingerprint density at radius 2 is 1.78 bits per heavy atom. The number of anilines is 1. The molecule has 0 aliphatic heterocycles. The fourth-order valence-corrected chi connectivity index (χ4v) is 2.65. The number of hydrogen-bond acceptors (Lipinski definition) is 3. The van der Waals surface area contributed by atoms with E-state index in [0.29, 0.717) is 19.5 Å². The number of rotatable bonds is 7. The summed E-state index contributed by atoms with van der Waals surface area (Å²) in [6, 6.07) is 7.31. The van der Waals surface area contributed by atoms with E-state index in [1.807, 2.05) is 52.0 Å². The lowest BCUT2D eigenvalue weighted by Crippen LogP contribution is -2.33. The molecule has 126 valence electrons. The van der Waals surface area contributed by atoms with Crippen LogP contribution in [-0.2, 0) is 9.59 Å². The van der Waals surface area contributed by atoms with Crippen LogP contribution in [0.2, 0.25) is 0 Å². The quantitative estimate of drug-likeness (QED) is 0.841. The van der Waals surface area contributed by atoms with Crippen LogP contribution >= 0.6 is 0 Å². The van der Waals surface area contributed by atoms with E-state index in [1.165, 1.54) is 0 Å². The molecule has 2 unspecified atom stereocenters. The third-order valence-corrected chi connectivity index (χ3v) is 4.01. The van der Waals surface area contributed by atoms with Crippen molar-refractivity contribution in [3.63, 3.8) is 0 Å². The van der Waals surface area contributed by atoms with Crippen molar-refractivity contribution in [2.24, 2.45) is 11.8 Å². The Labute approximate surface area is 138 Å². The molecular formula is C18H26N2O3. The van der Waals surface area contributed by atoms with Gasteiger partial charge in [0.05, 0.1) is 17.9 Å². The predicted octanol–water partition coefficient (Wildman–Crippen LogP) is 2.92. The maximum atomic E-state index is 12.2. The molecule has 0 aromatic heterocycles. The van der Waals surface area contributed by atoms with Crippen molar-refractivity contribution >= 4 is 17.5 Å². The molecule has 1 N–H and O–H groups in total. The molecule has 1 aliphatic rings. The monoisotopic (exact) mass is 318 g/mol. The largest absolute Gasteiger partial charge is 0.491 e. The Bertz CT molecular complexity index is 550. The number of carbonyl (C=O) groups excluding carboxylic acids is 2. The normalized spacial score (nSPS) is 19.3. The van der Waals surface area contributed by atoms with Crippen molar-refractivity contribution in [2.75, 3.05) is 18.4 Å². The van der Waals surface area contributed by atoms with Crippen LogP contribution in [0, 0.1) is 11.8 Å². The van der Waals surface area contributed by atoms with Crippen LogP contribution in [0.25, 0.3) is 0 Å². The summed E-state index contributed by atoms with van der Waals surface area (Å²) in [5, 5.41) is 2.88. The van der Waals surface area contributed by atoms with Crippen LogP contribution in [0.15, 0.2) is 24.3 Å². The lowest BCUT2D eigenvalue weighted by molar-refractivity contribution is -0.133. The minimum absolute atomic E-state index is 0.0759. The Hall–Kier alpha value is -2.04. The molecule has 1 aromatic carbocycles. The van der Waals surface area contributed by atoms with E-state index in [0.717, 1.165) is 11.4 Å². The highest BCUT2D eigenvalue weighted by atomic mass is 16.5. The second-order valence-corrected chi connectivity index (χ2v) is 6.14. The second-order valence-electron chi connectivity index (χ2n) is 6.14. The fourth-order valence-electron chi connectivity index (χ4n) is 2.65. The van der Waals surface area contributed by atoms with Crippen molar-refractivity contribution in [3.8, 4) is 5.75 Å². The molecule has 0 saturated heterocycles. The van der Waals surface area contributed by atoms with Crippen LogP contribution < -0.4 is 10.1 Å². The highest BCUT2D eigenvalue weighted by Gasteiger charge is 2.49. The maximum Gasteiger partial charge on any atom is 0.228 e. The van der Waals surface area contributed by atoms with Gasteiger partial charge in [0.25, 0.3) is 0 Å². The first-order chi connectivity index (χ1) is 11.0. The Morgan fingerprint density at radius 1 is 1.17 bits per heavy atom. The lowest BCUT2D eigenvalue weighted by Gasteiger charge is -2.18. The summed E-state index contributed by atoms with van der Waals surface area (Å²) in [6.45, 7) is 9.24. The first-order valence-corrected chi connectivity index (χ1v) is 8.32. The third kappa shape index (κ3) is 4.47. The Kier molecular flexibility index (Phi) is 5.64. The van der Waals surface area contributed by atoms with Gasteiger partial charge >= 0.3 is 0 Å². The number of ether oxygens (including phenoxy) is 1. The number of nitrogens with one attached hydrogen (secondary N) is 1. The summed E-state index contributed by atoms with van der Waals surface area (Å²) in [7, 11) is 0. The fraction of sp³-hybridized carbons (Fsp3) is 0.556. The highest BCUT2D eigenvalue weighted by molar-refractivity contribution is 5.99. The molecule has 5 heteroatoms. The summed E-state index contributed by atoms with van der Waals surface area (Å²) >= 11 is 0. The molecule has 1 saturated carbocycles. The molecule has 0 bridgehead atoms. The van der Waals surface area contributed by atoms with Gasteiger partial charge in [-0.3, -0.25) is 9.59 Å². The highest BCUT2D eigenvalue weighted by Crippen LogP contribution is 2.40. The van der Waals surface area contributed by atoms with E-state index in [2.05, 4.69) is 5.32 Å². The second kappa shape index (κ2) is 7.49. The molecule has 5 nitrogen and oxygen atoms in total. The number of carbonyl (C=O) groups is 2. The van der Waals surface area contributed by atoms with Crippen molar-refractivity contribution in [2.45, 2.75) is 40.2 Å².